The zero-order valence-electron chi connectivity index (χ0n) is 24.3. The molecule has 0 amide bonds. The summed E-state index contributed by atoms with van der Waals surface area (Å²) >= 11 is 0. The minimum atomic E-state index is -1.89. The van der Waals surface area contributed by atoms with Crippen LogP contribution in [-0.2, 0) is 9.53 Å². The summed E-state index contributed by atoms with van der Waals surface area (Å²) < 4.78 is 41.6. The van der Waals surface area contributed by atoms with Crippen molar-refractivity contribution < 1.29 is 15.0 Å². The zero-order chi connectivity index (χ0) is 25.3. The van der Waals surface area contributed by atoms with Gasteiger partial charge < -0.3 is 4.74 Å². The fraction of sp³-hybridized carbons (Fsp3) is 0.964. The molecule has 0 aliphatic heterocycles. The smallest absolute Gasteiger partial charge is 0.139 e. The molecule has 0 unspecified atom stereocenters. The van der Waals surface area contributed by atoms with Gasteiger partial charge in [-0.15, -0.1) is 0 Å². The number of ketones is 1. The Labute approximate surface area is 191 Å². The maximum absolute atomic E-state index is 13.4. The molecule has 2 nitrogen and oxygen atoms in total. The highest BCUT2D eigenvalue weighted by Gasteiger charge is 2.62. The minimum Gasteiger partial charge on any atom is -0.381 e. The number of fused-ring (bicyclic) bond motifs is 5. The van der Waals surface area contributed by atoms with Crippen molar-refractivity contribution in [1.82, 2.24) is 0 Å². The van der Waals surface area contributed by atoms with Crippen LogP contribution in [0, 0.1) is 52.2 Å². The molecule has 172 valence electrons. The van der Waals surface area contributed by atoms with E-state index in [4.69, 9.17) is 6.11 Å². The molecule has 0 spiro atoms. The average Bonchev–Trinajstić information content (AvgIpc) is 3.12. The van der Waals surface area contributed by atoms with E-state index in [2.05, 4.69) is 27.7 Å². The predicted octanol–water partition coefficient (Wildman–Crippen LogP) is 7.30. The van der Waals surface area contributed by atoms with E-state index in [1.807, 2.05) is 6.92 Å². The second kappa shape index (κ2) is 8.53. The van der Waals surface area contributed by atoms with Gasteiger partial charge in [0.1, 0.15) is 5.78 Å². The first-order valence-electron chi connectivity index (χ1n) is 14.8. The molecule has 0 aromatic heterocycles. The van der Waals surface area contributed by atoms with E-state index < -0.39 is 36.0 Å². The van der Waals surface area contributed by atoms with E-state index in [1.165, 1.54) is 39.2 Å². The molecule has 0 aromatic carbocycles. The summed E-state index contributed by atoms with van der Waals surface area (Å²) in [6, 6.07) is 0. The minimum absolute atomic E-state index is 0.00378. The first kappa shape index (κ1) is 18.1. The Morgan fingerprint density at radius 1 is 1.07 bits per heavy atom. The lowest BCUT2D eigenvalue weighted by atomic mass is 9.44. The lowest BCUT2D eigenvalue weighted by Crippen LogP contribution is -2.57. The predicted molar refractivity (Wildman–Crippen MR) is 124 cm³/mol. The van der Waals surface area contributed by atoms with Crippen LogP contribution in [-0.4, -0.2) is 19.0 Å². The molecule has 0 N–H and O–H groups in total. The van der Waals surface area contributed by atoms with E-state index in [0.717, 1.165) is 31.1 Å². The third-order valence-electron chi connectivity index (χ3n) is 10.0. The highest BCUT2D eigenvalue weighted by molar-refractivity contribution is 5.83. The molecule has 2 heteroatoms. The fourth-order valence-corrected chi connectivity index (χ4v) is 8.50. The Morgan fingerprint density at radius 2 is 1.80 bits per heavy atom. The van der Waals surface area contributed by atoms with Crippen molar-refractivity contribution in [1.29, 1.82) is 0 Å². The maximum Gasteiger partial charge on any atom is 0.139 e. The normalized spacial score (nSPS) is 55.5. The third kappa shape index (κ3) is 3.71. The summed E-state index contributed by atoms with van der Waals surface area (Å²) in [5.74, 6) is 1.13. The number of carbonyl (C=O) groups is 1. The Bertz CT molecular complexity index is 786. The molecule has 4 aliphatic rings. The molecule has 4 aliphatic carbocycles. The molecule has 0 bridgehead atoms. The van der Waals surface area contributed by atoms with Crippen molar-refractivity contribution in [2.45, 2.75) is 111 Å². The number of carbonyl (C=O) groups excluding carboxylic acids is 1. The van der Waals surface area contributed by atoms with Crippen molar-refractivity contribution in [3.05, 3.63) is 0 Å². The molecule has 0 saturated heterocycles. The number of hydrogen-bond donors (Lipinski definition) is 0. The van der Waals surface area contributed by atoms with Gasteiger partial charge in [0.05, 0.1) is 6.10 Å². The summed E-state index contributed by atoms with van der Waals surface area (Å²) in [4.78, 5) is 13.4. The van der Waals surface area contributed by atoms with Crippen molar-refractivity contribution in [3.8, 4) is 0 Å². The Morgan fingerprint density at radius 3 is 2.50 bits per heavy atom. The van der Waals surface area contributed by atoms with Gasteiger partial charge in [0.15, 0.2) is 0 Å². The summed E-state index contributed by atoms with van der Waals surface area (Å²) in [7, 11) is 1.41. The molecule has 0 aromatic rings. The molecule has 4 rings (SSSR count). The summed E-state index contributed by atoms with van der Waals surface area (Å²) in [6.45, 7) is 11.4. The Hall–Kier alpha value is -0.370. The van der Waals surface area contributed by atoms with Crippen LogP contribution in [0.15, 0.2) is 0 Å². The highest BCUT2D eigenvalue weighted by atomic mass is 16.5. The van der Waals surface area contributed by atoms with Gasteiger partial charge in [0.2, 0.25) is 0 Å². The summed E-state index contributed by atoms with van der Waals surface area (Å²) in [6.07, 6.45) is 5.20. The molecule has 0 radical (unpaired) electrons. The second-order valence-corrected chi connectivity index (χ2v) is 12.0. The Balaban J connectivity index is 1.63. The second-order valence-electron chi connectivity index (χ2n) is 12.0. The van der Waals surface area contributed by atoms with Crippen LogP contribution in [0.3, 0.4) is 0 Å². The van der Waals surface area contributed by atoms with Crippen LogP contribution >= 0.6 is 0 Å². The highest BCUT2D eigenvalue weighted by Crippen LogP contribution is 2.68. The number of rotatable bonds is 6. The molecule has 4 saturated carbocycles. The molecule has 30 heavy (non-hydrogen) atoms. The lowest BCUT2D eigenvalue weighted by molar-refractivity contribution is -0.160. The topological polar surface area (TPSA) is 26.3 Å². The van der Waals surface area contributed by atoms with Gasteiger partial charge in [0.25, 0.3) is 0 Å². The van der Waals surface area contributed by atoms with E-state index in [1.54, 1.807) is 0 Å². The monoisotopic (exact) mass is 420 g/mol. The van der Waals surface area contributed by atoms with Gasteiger partial charge >= 0.3 is 0 Å². The van der Waals surface area contributed by atoms with E-state index in [0.29, 0.717) is 24.2 Å². The fourth-order valence-electron chi connectivity index (χ4n) is 8.50. The largest absolute Gasteiger partial charge is 0.381 e. The van der Waals surface area contributed by atoms with Crippen LogP contribution in [0.25, 0.3) is 0 Å². The van der Waals surface area contributed by atoms with Gasteiger partial charge in [-0.25, -0.2) is 0 Å². The van der Waals surface area contributed by atoms with Crippen molar-refractivity contribution in [2.75, 3.05) is 7.11 Å². The molecular weight excluding hydrogens is 368 g/mol. The Kier molecular flexibility index (Phi) is 5.14. The number of hydrogen-bond acceptors (Lipinski definition) is 2. The van der Waals surface area contributed by atoms with Crippen LogP contribution in [0.1, 0.15) is 111 Å². The first-order chi connectivity index (χ1) is 15.8. The SMILES string of the molecule is [2H][C@H]1C(=O)[C@]2([2H])CC[C@H]3[C@@H]4CC[C@H]([C@H](C)CCCC(C)C)[C@@]4(C)CC[C@@H]3[C@@]2(C)C([2H])([2H])[C@H]1OC. The van der Waals surface area contributed by atoms with Crippen LogP contribution in [0.5, 0.6) is 0 Å². The number of Topliss-reactive ketones (excluding diaryl/α,β-unsaturated/α-hetero) is 1. The summed E-state index contributed by atoms with van der Waals surface area (Å²) in [5.41, 5.74) is -0.846. The maximum atomic E-state index is 13.4. The van der Waals surface area contributed by atoms with Crippen LogP contribution < -0.4 is 0 Å². The number of ether oxygens (including phenoxy) is 1. The van der Waals surface area contributed by atoms with Crippen LogP contribution in [0.4, 0.5) is 0 Å². The van der Waals surface area contributed by atoms with E-state index >= 15 is 0 Å². The van der Waals surface area contributed by atoms with Crippen molar-refractivity contribution >= 4 is 5.78 Å². The lowest BCUT2D eigenvalue weighted by Gasteiger charge is -2.61. The molecular formula is C28H48O2. The first-order valence-corrected chi connectivity index (χ1v) is 12.8. The van der Waals surface area contributed by atoms with Crippen molar-refractivity contribution in [2.24, 2.45) is 52.2 Å². The molecule has 10 atom stereocenters. The van der Waals surface area contributed by atoms with Gasteiger partial charge in [-0.1, -0.05) is 53.9 Å². The molecule has 4 fully saturated rings. The van der Waals surface area contributed by atoms with E-state index in [-0.39, 0.29) is 11.3 Å². The van der Waals surface area contributed by atoms with Gasteiger partial charge in [-0.05, 0) is 91.2 Å². The average molecular weight is 421 g/mol. The van der Waals surface area contributed by atoms with Crippen LogP contribution in [0.2, 0.25) is 0 Å². The van der Waals surface area contributed by atoms with E-state index in [9.17, 15) is 8.91 Å². The summed E-state index contributed by atoms with van der Waals surface area (Å²) in [5, 5.41) is 0. The third-order valence-corrected chi connectivity index (χ3v) is 10.0. The quantitative estimate of drug-likeness (QED) is 0.450. The molecule has 0 heterocycles. The number of methoxy groups -OCH3 is 1. The van der Waals surface area contributed by atoms with Crippen molar-refractivity contribution in [3.63, 3.8) is 0 Å². The van der Waals surface area contributed by atoms with Gasteiger partial charge in [-0.3, -0.25) is 4.79 Å². The zero-order valence-corrected chi connectivity index (χ0v) is 20.3. The van der Waals surface area contributed by atoms with Gasteiger partial charge in [-0.2, -0.15) is 0 Å². The standard InChI is InChI=1S/C28H48O2/c1-18(2)8-7-9-19(3)22-12-13-23-21-10-11-25-26(29)16-20(30-6)17-28(25,5)24(21)14-15-27(22,23)4/h18-25H,7-17H2,1-6H3/t19-,20+,21+,22-,23+,24+,25+,27-,28-/m1/s1/i16D,17D2,25D/t16-,19-,20+,21+,22-,23+,24+,25+,27-,28-. The van der Waals surface area contributed by atoms with Gasteiger partial charge in [0, 0.05) is 24.9 Å².